The van der Waals surface area contributed by atoms with Crippen molar-refractivity contribution >= 4 is 10.7 Å². The van der Waals surface area contributed by atoms with Crippen LogP contribution in [0.2, 0.25) is 0 Å². The van der Waals surface area contributed by atoms with Gasteiger partial charge in [0.25, 0.3) is 0 Å². The number of hydrogen-bond acceptors (Lipinski definition) is 2. The molecule has 2 aliphatic heterocycles. The van der Waals surface area contributed by atoms with Crippen LogP contribution in [0.1, 0.15) is 57.8 Å². The molecule has 2 aliphatic rings. The van der Waals surface area contributed by atoms with Gasteiger partial charge >= 0.3 is 0 Å². The minimum absolute atomic E-state index is 0.408. The predicted molar refractivity (Wildman–Crippen MR) is 77.7 cm³/mol. The molecule has 0 aromatic heterocycles. The summed E-state index contributed by atoms with van der Waals surface area (Å²) in [6.07, 6.45) is 12.7. The maximum atomic E-state index is 5.16. The van der Waals surface area contributed by atoms with Gasteiger partial charge in [-0.1, -0.05) is 32.1 Å². The Labute approximate surface area is 109 Å². The highest BCUT2D eigenvalue weighted by molar-refractivity contribution is 7.87. The Kier molecular flexibility index (Phi) is 6.57. The van der Waals surface area contributed by atoms with Crippen LogP contribution in [0.4, 0.5) is 0 Å². The second-order valence-corrected chi connectivity index (χ2v) is 7.38. The lowest BCUT2D eigenvalue weighted by Gasteiger charge is -2.21. The largest absolute Gasteiger partial charge is 0.317 e. The number of hydrogen-bond donors (Lipinski definition) is 1. The lowest BCUT2D eigenvalue weighted by atomic mass is 10.1. The summed E-state index contributed by atoms with van der Waals surface area (Å²) in [6.45, 7) is 2.37. The van der Waals surface area contributed by atoms with Crippen molar-refractivity contribution in [2.75, 3.05) is 24.6 Å². The monoisotopic (exact) mass is 256 g/mol. The summed E-state index contributed by atoms with van der Waals surface area (Å²) in [5.41, 5.74) is 0. The molecule has 0 spiro atoms. The van der Waals surface area contributed by atoms with E-state index in [1.54, 1.807) is 0 Å². The standard InChI is InChI=1S/C14H28N2S/c1-2-4-6-12-17(13-7-5-3-1)16-14-8-10-15-11-9-14/h14-15H,1-13H2. The van der Waals surface area contributed by atoms with Gasteiger partial charge in [-0.15, -0.1) is 10.7 Å². The molecular weight excluding hydrogens is 228 g/mol. The molecule has 0 aliphatic carbocycles. The average Bonchev–Trinajstić information content (AvgIpc) is 2.38. The van der Waals surface area contributed by atoms with Crippen molar-refractivity contribution in [3.8, 4) is 0 Å². The van der Waals surface area contributed by atoms with Crippen LogP contribution in [0, 0.1) is 0 Å². The van der Waals surface area contributed by atoms with Crippen molar-refractivity contribution in [1.29, 1.82) is 0 Å². The molecule has 2 nitrogen and oxygen atoms in total. The lowest BCUT2D eigenvalue weighted by Crippen LogP contribution is -2.30. The van der Waals surface area contributed by atoms with Crippen molar-refractivity contribution in [2.45, 2.75) is 63.8 Å². The van der Waals surface area contributed by atoms with Gasteiger partial charge in [-0.05, 0) is 38.8 Å². The minimum atomic E-state index is 0.408. The summed E-state index contributed by atoms with van der Waals surface area (Å²) in [6, 6.07) is 0.683. The van der Waals surface area contributed by atoms with Gasteiger partial charge in [-0.25, -0.2) is 0 Å². The Hall–Kier alpha value is 0.110. The number of nitrogens with zero attached hydrogens (tertiary/aromatic N) is 1. The third-order valence-corrected chi connectivity index (χ3v) is 5.98. The van der Waals surface area contributed by atoms with Crippen LogP contribution in [0.15, 0.2) is 4.36 Å². The molecule has 100 valence electrons. The smallest absolute Gasteiger partial charge is 0.0592 e. The molecular formula is C14H28N2S. The van der Waals surface area contributed by atoms with E-state index in [4.69, 9.17) is 4.36 Å². The maximum Gasteiger partial charge on any atom is 0.0592 e. The van der Waals surface area contributed by atoms with Crippen LogP contribution in [0.25, 0.3) is 0 Å². The zero-order valence-electron chi connectivity index (χ0n) is 11.1. The molecule has 0 unspecified atom stereocenters. The van der Waals surface area contributed by atoms with Crippen molar-refractivity contribution in [3.05, 3.63) is 0 Å². The summed E-state index contributed by atoms with van der Waals surface area (Å²) in [5, 5.41) is 3.44. The van der Waals surface area contributed by atoms with E-state index in [9.17, 15) is 0 Å². The van der Waals surface area contributed by atoms with Crippen LogP contribution in [0.5, 0.6) is 0 Å². The molecule has 2 saturated heterocycles. The van der Waals surface area contributed by atoms with Gasteiger partial charge in [0.15, 0.2) is 0 Å². The highest BCUT2D eigenvalue weighted by atomic mass is 32.2. The van der Waals surface area contributed by atoms with Crippen LogP contribution >= 0.6 is 0 Å². The minimum Gasteiger partial charge on any atom is -0.317 e. The van der Waals surface area contributed by atoms with Crippen LogP contribution < -0.4 is 5.32 Å². The Morgan fingerprint density at radius 3 is 1.88 bits per heavy atom. The van der Waals surface area contributed by atoms with Gasteiger partial charge in [-0.3, -0.25) is 4.36 Å². The van der Waals surface area contributed by atoms with Gasteiger partial charge in [0, 0.05) is 11.5 Å². The molecule has 2 fully saturated rings. The maximum absolute atomic E-state index is 5.16. The van der Waals surface area contributed by atoms with Crippen LogP contribution in [0.3, 0.4) is 0 Å². The Balaban J connectivity index is 1.83. The molecule has 0 atom stereocenters. The fourth-order valence-corrected chi connectivity index (χ4v) is 4.87. The van der Waals surface area contributed by atoms with Gasteiger partial charge in [0.1, 0.15) is 0 Å². The first kappa shape index (κ1) is 13.5. The summed E-state index contributed by atoms with van der Waals surface area (Å²) >= 11 is 0. The molecule has 0 aromatic carbocycles. The third-order valence-electron chi connectivity index (χ3n) is 3.87. The number of piperidine rings is 1. The van der Waals surface area contributed by atoms with E-state index in [1.165, 1.54) is 82.4 Å². The fraction of sp³-hybridized carbons (Fsp3) is 1.00. The van der Waals surface area contributed by atoms with Crippen molar-refractivity contribution in [2.24, 2.45) is 4.36 Å². The molecule has 2 heterocycles. The first-order chi connectivity index (χ1) is 8.45. The number of rotatable bonds is 1. The summed E-state index contributed by atoms with van der Waals surface area (Å²) in [5.74, 6) is 2.79. The molecule has 3 heteroatoms. The molecule has 0 aromatic rings. The van der Waals surface area contributed by atoms with Crippen molar-refractivity contribution in [3.63, 3.8) is 0 Å². The van der Waals surface area contributed by atoms with Gasteiger partial charge in [0.05, 0.1) is 6.04 Å². The number of nitrogens with one attached hydrogen (secondary N) is 1. The second-order valence-electron chi connectivity index (χ2n) is 5.43. The molecule has 0 amide bonds. The van der Waals surface area contributed by atoms with Crippen LogP contribution in [-0.2, 0) is 10.7 Å². The Bertz CT molecular complexity index is 222. The predicted octanol–water partition coefficient (Wildman–Crippen LogP) is 3.28. The molecule has 0 radical (unpaired) electrons. The summed E-state index contributed by atoms with van der Waals surface area (Å²) in [7, 11) is 0.408. The van der Waals surface area contributed by atoms with Gasteiger partial charge in [0.2, 0.25) is 0 Å². The molecule has 2 rings (SSSR count). The first-order valence-corrected chi connectivity index (χ1v) is 9.06. The van der Waals surface area contributed by atoms with Gasteiger partial charge in [-0.2, -0.15) is 0 Å². The van der Waals surface area contributed by atoms with E-state index >= 15 is 0 Å². The molecule has 17 heavy (non-hydrogen) atoms. The van der Waals surface area contributed by atoms with Crippen LogP contribution in [-0.4, -0.2) is 30.6 Å². The van der Waals surface area contributed by atoms with E-state index in [0.29, 0.717) is 16.7 Å². The first-order valence-electron chi connectivity index (χ1n) is 7.54. The highest BCUT2D eigenvalue weighted by Crippen LogP contribution is 2.15. The topological polar surface area (TPSA) is 24.4 Å². The highest BCUT2D eigenvalue weighted by Gasteiger charge is 2.12. The third kappa shape index (κ3) is 5.52. The normalized spacial score (nSPS) is 26.6. The van der Waals surface area contributed by atoms with Crippen molar-refractivity contribution < 1.29 is 0 Å². The van der Waals surface area contributed by atoms with Gasteiger partial charge < -0.3 is 5.32 Å². The summed E-state index contributed by atoms with van der Waals surface area (Å²) in [4.78, 5) is 0. The van der Waals surface area contributed by atoms with E-state index in [1.807, 2.05) is 0 Å². The lowest BCUT2D eigenvalue weighted by molar-refractivity contribution is 0.462. The molecule has 0 bridgehead atoms. The van der Waals surface area contributed by atoms with E-state index in [2.05, 4.69) is 5.32 Å². The van der Waals surface area contributed by atoms with E-state index < -0.39 is 0 Å². The Morgan fingerprint density at radius 2 is 1.29 bits per heavy atom. The summed E-state index contributed by atoms with van der Waals surface area (Å²) < 4.78 is 5.16. The average molecular weight is 256 g/mol. The zero-order valence-corrected chi connectivity index (χ0v) is 11.9. The van der Waals surface area contributed by atoms with E-state index in [0.717, 1.165) is 0 Å². The van der Waals surface area contributed by atoms with Crippen molar-refractivity contribution in [1.82, 2.24) is 5.32 Å². The Morgan fingerprint density at radius 1 is 0.765 bits per heavy atom. The second kappa shape index (κ2) is 8.25. The molecule has 0 saturated carbocycles. The fourth-order valence-electron chi connectivity index (χ4n) is 2.75. The molecule has 1 N–H and O–H groups in total. The van der Waals surface area contributed by atoms with E-state index in [-0.39, 0.29) is 0 Å². The SMILES string of the molecule is C1CCCCS(=NC2CCNCC2)CCCC1. The quantitative estimate of drug-likeness (QED) is 0.765. The zero-order chi connectivity index (χ0) is 11.8.